The normalized spacial score (nSPS) is 16.0. The van der Waals surface area contributed by atoms with Gasteiger partial charge < -0.3 is 20.7 Å². The van der Waals surface area contributed by atoms with Crippen LogP contribution in [0.25, 0.3) is 11.2 Å². The Bertz CT molecular complexity index is 1220. The van der Waals surface area contributed by atoms with E-state index in [9.17, 15) is 22.8 Å². The summed E-state index contributed by atoms with van der Waals surface area (Å²) in [5.74, 6) is -0.0460. The number of nitrogens with zero attached hydrogens (tertiary/aromatic N) is 4. The van der Waals surface area contributed by atoms with Crippen LogP contribution < -0.4 is 10.5 Å². The number of nitrogen functional groups attached to an aromatic ring is 1. The molecule has 0 radical (unpaired) electrons. The van der Waals surface area contributed by atoms with Gasteiger partial charge in [-0.15, -0.1) is 0 Å². The second-order valence-corrected chi connectivity index (χ2v) is 10.6. The predicted molar refractivity (Wildman–Crippen MR) is 117 cm³/mol. The number of para-hydroxylation sites is 1. The highest BCUT2D eigenvalue weighted by Crippen LogP contribution is 2.22. The Balaban J connectivity index is 1.66. The van der Waals surface area contributed by atoms with Crippen LogP contribution in [0.2, 0.25) is 0 Å². The first kappa shape index (κ1) is 24.0. The van der Waals surface area contributed by atoms with Crippen molar-refractivity contribution in [1.29, 1.82) is 0 Å². The third kappa shape index (κ3) is 5.58. The van der Waals surface area contributed by atoms with E-state index in [1.165, 1.54) is 31.7 Å². The molecule has 2 heterocycles. The van der Waals surface area contributed by atoms with Crippen LogP contribution in [0.3, 0.4) is 0 Å². The summed E-state index contributed by atoms with van der Waals surface area (Å²) in [7, 11) is -6.00. The summed E-state index contributed by atoms with van der Waals surface area (Å²) in [5.41, 5.74) is 6.60. The van der Waals surface area contributed by atoms with E-state index in [0.29, 0.717) is 11.2 Å². The van der Waals surface area contributed by atoms with Crippen LogP contribution in [0.1, 0.15) is 20.1 Å². The average Bonchev–Trinajstić information content (AvgIpc) is 3.16. The molecule has 0 saturated heterocycles. The number of nitrogens with two attached hydrogens (primary N) is 1. The summed E-state index contributed by atoms with van der Waals surface area (Å²) in [6.07, 6.45) is 0.106. The minimum Gasteiger partial charge on any atom is -0.507 e. The lowest BCUT2D eigenvalue weighted by molar-refractivity contribution is -0.0878. The standard InChI is InChI=1S/C18H24N6O6S2/c1-11(25)14(30-12(2)24-9-22-16-17(19)20-8-21-18(16)24)7-23-32(28,29)10-31(27)15-6-4-3-5-13(15)26/h3-6,8-9,11-12,14,23,25-26H,7,10H2,1-2H3,(H2,19,20,21)/t11?,12-,14-,31?/m1/s1. The smallest absolute Gasteiger partial charge is 0.224 e. The fourth-order valence-electron chi connectivity index (χ4n) is 2.89. The molecular weight excluding hydrogens is 460 g/mol. The van der Waals surface area contributed by atoms with E-state index in [1.54, 1.807) is 23.6 Å². The number of ether oxygens (including phenoxy) is 1. The molecule has 0 spiro atoms. The van der Waals surface area contributed by atoms with E-state index >= 15 is 0 Å². The third-order valence-electron chi connectivity index (χ3n) is 4.57. The summed E-state index contributed by atoms with van der Waals surface area (Å²) in [5, 5.41) is 19.1. The molecule has 174 valence electrons. The number of anilines is 1. The molecule has 3 aromatic rings. The maximum atomic E-state index is 12.4. The van der Waals surface area contributed by atoms with Crippen molar-refractivity contribution in [2.45, 2.75) is 37.2 Å². The maximum absolute atomic E-state index is 12.4. The average molecular weight is 485 g/mol. The molecule has 2 aromatic heterocycles. The van der Waals surface area contributed by atoms with E-state index in [-0.39, 0.29) is 23.0 Å². The number of phenolic OH excluding ortho intramolecular Hbond substituents is 1. The molecule has 0 aliphatic rings. The van der Waals surface area contributed by atoms with Crippen molar-refractivity contribution in [3.8, 4) is 5.75 Å². The summed E-state index contributed by atoms with van der Waals surface area (Å²) >= 11 is 0. The van der Waals surface area contributed by atoms with Gasteiger partial charge >= 0.3 is 0 Å². The number of aromatic nitrogens is 4. The van der Waals surface area contributed by atoms with Crippen molar-refractivity contribution in [2.24, 2.45) is 0 Å². The van der Waals surface area contributed by atoms with Crippen LogP contribution in [0.5, 0.6) is 5.75 Å². The predicted octanol–water partition coefficient (Wildman–Crippen LogP) is 0.0833. The van der Waals surface area contributed by atoms with Gasteiger partial charge in [0.2, 0.25) is 10.0 Å². The number of nitrogens with one attached hydrogen (secondary N) is 1. The van der Waals surface area contributed by atoms with Crippen LogP contribution in [-0.2, 0) is 25.6 Å². The number of aromatic hydroxyl groups is 1. The van der Waals surface area contributed by atoms with Crippen molar-refractivity contribution < 1.29 is 27.6 Å². The Morgan fingerprint density at radius 3 is 2.66 bits per heavy atom. The monoisotopic (exact) mass is 484 g/mol. The summed E-state index contributed by atoms with van der Waals surface area (Å²) in [6, 6.07) is 5.79. The number of benzene rings is 1. The molecule has 0 aliphatic heterocycles. The largest absolute Gasteiger partial charge is 0.507 e. The van der Waals surface area contributed by atoms with Crippen LogP contribution in [0.15, 0.2) is 41.8 Å². The number of aliphatic hydroxyl groups excluding tert-OH is 1. The second-order valence-electron chi connectivity index (χ2n) is 6.99. The molecule has 0 saturated carbocycles. The number of hydrogen-bond donors (Lipinski definition) is 4. The van der Waals surface area contributed by atoms with Crippen molar-refractivity contribution in [2.75, 3.05) is 17.4 Å². The molecule has 0 bridgehead atoms. The van der Waals surface area contributed by atoms with Gasteiger partial charge in [-0.25, -0.2) is 28.1 Å². The zero-order chi connectivity index (χ0) is 23.5. The first-order valence-corrected chi connectivity index (χ1v) is 12.5. The molecule has 0 aliphatic carbocycles. The highest BCUT2D eigenvalue weighted by atomic mass is 32.3. The van der Waals surface area contributed by atoms with Crippen molar-refractivity contribution >= 4 is 37.8 Å². The number of aliphatic hydroxyl groups is 1. The molecule has 3 rings (SSSR count). The Labute approximate surface area is 187 Å². The molecule has 2 unspecified atom stereocenters. The molecule has 1 aromatic carbocycles. The molecule has 4 atom stereocenters. The van der Waals surface area contributed by atoms with Crippen LogP contribution in [0, 0.1) is 0 Å². The van der Waals surface area contributed by atoms with Gasteiger partial charge in [0.15, 0.2) is 11.5 Å². The lowest BCUT2D eigenvalue weighted by Crippen LogP contribution is -2.41. The van der Waals surface area contributed by atoms with Gasteiger partial charge in [-0.05, 0) is 26.0 Å². The van der Waals surface area contributed by atoms with Crippen molar-refractivity contribution in [1.82, 2.24) is 24.2 Å². The number of sulfonamides is 1. The number of fused-ring (bicyclic) bond motifs is 1. The zero-order valence-electron chi connectivity index (χ0n) is 17.3. The lowest BCUT2D eigenvalue weighted by Gasteiger charge is -2.25. The highest BCUT2D eigenvalue weighted by Gasteiger charge is 2.25. The number of rotatable bonds is 10. The van der Waals surface area contributed by atoms with E-state index in [4.69, 9.17) is 10.5 Å². The SMILES string of the molecule is CC(O)[C@@H](CNS(=O)(=O)CS(=O)c1ccccc1O)O[C@H](C)n1cnc2c(N)ncnc21. The second kappa shape index (κ2) is 9.87. The first-order chi connectivity index (χ1) is 15.1. The van der Waals surface area contributed by atoms with Gasteiger partial charge in [0, 0.05) is 6.54 Å². The molecule has 32 heavy (non-hydrogen) atoms. The van der Waals surface area contributed by atoms with E-state index in [1.807, 2.05) is 0 Å². The molecule has 14 heteroatoms. The van der Waals surface area contributed by atoms with Crippen LogP contribution in [-0.4, -0.2) is 66.2 Å². The number of imidazole rings is 1. The summed E-state index contributed by atoms with van der Waals surface area (Å²) in [6.45, 7) is 2.86. The highest BCUT2D eigenvalue weighted by molar-refractivity contribution is 8.04. The quantitative estimate of drug-likeness (QED) is 0.307. The van der Waals surface area contributed by atoms with Crippen molar-refractivity contribution in [3.63, 3.8) is 0 Å². The fraction of sp³-hybridized carbons (Fsp3) is 0.389. The minimum absolute atomic E-state index is 0.0167. The van der Waals surface area contributed by atoms with E-state index in [2.05, 4.69) is 19.7 Å². The van der Waals surface area contributed by atoms with Crippen molar-refractivity contribution in [3.05, 3.63) is 36.9 Å². The minimum atomic E-state index is -4.01. The van der Waals surface area contributed by atoms with Crippen LogP contribution in [0.4, 0.5) is 5.82 Å². The molecule has 0 fully saturated rings. The number of phenols is 1. The molecule has 12 nitrogen and oxygen atoms in total. The molecule has 5 N–H and O–H groups in total. The summed E-state index contributed by atoms with van der Waals surface area (Å²) in [4.78, 5) is 12.2. The Hall–Kier alpha value is -2.65. The van der Waals surface area contributed by atoms with Gasteiger partial charge in [0.05, 0.1) is 34.2 Å². The third-order valence-corrected chi connectivity index (χ3v) is 8.11. The lowest BCUT2D eigenvalue weighted by atomic mass is 10.2. The van der Waals surface area contributed by atoms with E-state index in [0.717, 1.165) is 0 Å². The van der Waals surface area contributed by atoms with Gasteiger partial charge in [-0.2, -0.15) is 0 Å². The van der Waals surface area contributed by atoms with Crippen LogP contribution >= 0.6 is 0 Å². The van der Waals surface area contributed by atoms with Gasteiger partial charge in [-0.1, -0.05) is 12.1 Å². The van der Waals surface area contributed by atoms with E-state index < -0.39 is 44.3 Å². The molecular formula is C18H24N6O6S2. The maximum Gasteiger partial charge on any atom is 0.224 e. The fourth-order valence-corrected chi connectivity index (χ4v) is 5.81. The first-order valence-electron chi connectivity index (χ1n) is 9.49. The summed E-state index contributed by atoms with van der Waals surface area (Å²) < 4.78 is 46.9. The Morgan fingerprint density at radius 1 is 1.25 bits per heavy atom. The van der Waals surface area contributed by atoms with Gasteiger partial charge in [-0.3, -0.25) is 8.78 Å². The number of hydrogen-bond acceptors (Lipinski definition) is 10. The Kier molecular flexibility index (Phi) is 7.40. The Morgan fingerprint density at radius 2 is 1.97 bits per heavy atom. The van der Waals surface area contributed by atoms with Gasteiger partial charge in [0.25, 0.3) is 0 Å². The zero-order valence-corrected chi connectivity index (χ0v) is 19.0. The van der Waals surface area contributed by atoms with Gasteiger partial charge in [0.1, 0.15) is 28.9 Å². The topological polar surface area (TPSA) is 183 Å². The molecule has 0 amide bonds.